The van der Waals surface area contributed by atoms with E-state index >= 15 is 0 Å². The van der Waals surface area contributed by atoms with Gasteiger partial charge in [0.2, 0.25) is 0 Å². The van der Waals surface area contributed by atoms with Crippen LogP contribution in [0.1, 0.15) is 5.69 Å². The number of methoxy groups -OCH3 is 1. The van der Waals surface area contributed by atoms with Gasteiger partial charge in [0, 0.05) is 31.9 Å². The molecule has 0 spiro atoms. The molecule has 8 heteroatoms. The highest BCUT2D eigenvalue weighted by Gasteiger charge is 2.21. The van der Waals surface area contributed by atoms with Crippen molar-refractivity contribution in [2.75, 3.05) is 38.2 Å². The number of rotatable bonds is 3. The van der Waals surface area contributed by atoms with E-state index in [1.165, 1.54) is 24.1 Å². The van der Waals surface area contributed by atoms with Gasteiger partial charge >= 0.3 is 0 Å². The summed E-state index contributed by atoms with van der Waals surface area (Å²) in [6.07, 6.45) is 1.39. The Balaban J connectivity index is 1.97. The lowest BCUT2D eigenvalue weighted by atomic mass is 10.2. The van der Waals surface area contributed by atoms with E-state index in [4.69, 9.17) is 4.74 Å². The van der Waals surface area contributed by atoms with E-state index in [1.54, 1.807) is 19.1 Å². The van der Waals surface area contributed by atoms with E-state index in [2.05, 4.69) is 20.2 Å². The number of pyridine rings is 1. The molecule has 3 heterocycles. The first-order valence-electron chi connectivity index (χ1n) is 8.77. The maximum atomic E-state index is 14.6. The Labute approximate surface area is 155 Å². The van der Waals surface area contributed by atoms with Crippen LogP contribution in [0.4, 0.5) is 10.2 Å². The third-order valence-electron chi connectivity index (χ3n) is 4.78. The summed E-state index contributed by atoms with van der Waals surface area (Å²) in [6, 6.07) is 6.31. The Morgan fingerprint density at radius 3 is 2.74 bits per heavy atom. The highest BCUT2D eigenvalue weighted by molar-refractivity contribution is 5.89. The number of hydrogen-bond donors (Lipinski definition) is 1. The number of nitrogens with zero attached hydrogens (tertiary/aromatic N) is 4. The fourth-order valence-electron chi connectivity index (χ4n) is 3.51. The van der Waals surface area contributed by atoms with Crippen LogP contribution in [-0.4, -0.2) is 47.8 Å². The van der Waals surface area contributed by atoms with Crippen LogP contribution in [0.2, 0.25) is 0 Å². The summed E-state index contributed by atoms with van der Waals surface area (Å²) in [5.41, 5.74) is 0.537. The molecule has 27 heavy (non-hydrogen) atoms. The fourth-order valence-corrected chi connectivity index (χ4v) is 3.51. The van der Waals surface area contributed by atoms with Crippen LogP contribution >= 0.6 is 0 Å². The molecular weight excluding hydrogens is 349 g/mol. The first-order valence-corrected chi connectivity index (χ1v) is 8.77. The van der Waals surface area contributed by atoms with Crippen LogP contribution < -0.4 is 20.5 Å². The van der Waals surface area contributed by atoms with Gasteiger partial charge in [0.1, 0.15) is 29.1 Å². The Hall–Kier alpha value is -3.00. The number of hydrogen-bond acceptors (Lipinski definition) is 6. The van der Waals surface area contributed by atoms with Gasteiger partial charge in [-0.1, -0.05) is 6.07 Å². The third kappa shape index (κ3) is 2.91. The lowest BCUT2D eigenvalue weighted by Crippen LogP contribution is -2.44. The standard InChI is InChI=1S/C19H20FN5O2/c1-12-10-13-16(22-11-23-18(13)24-8-6-21-7-9-24)19(26)25(12)17-14(20)4-3-5-15(17)27-2/h3-5,10-11,21H,6-9H2,1-2H3. The molecule has 0 bridgehead atoms. The maximum absolute atomic E-state index is 14.6. The van der Waals surface area contributed by atoms with E-state index in [0.717, 1.165) is 32.0 Å². The third-order valence-corrected chi connectivity index (χ3v) is 4.78. The molecule has 3 aromatic rings. The summed E-state index contributed by atoms with van der Waals surface area (Å²) in [6.45, 7) is 5.08. The number of nitrogens with one attached hydrogen (secondary N) is 1. The van der Waals surface area contributed by atoms with E-state index < -0.39 is 11.4 Å². The number of benzene rings is 1. The SMILES string of the molecule is COc1cccc(F)c1-n1c(C)cc2c(N3CCNCC3)ncnc2c1=O. The fraction of sp³-hybridized carbons (Fsp3) is 0.316. The largest absolute Gasteiger partial charge is 0.494 e. The number of halogens is 1. The molecule has 1 N–H and O–H groups in total. The molecule has 0 aliphatic carbocycles. The molecule has 0 unspecified atom stereocenters. The Morgan fingerprint density at radius 2 is 2.00 bits per heavy atom. The molecule has 0 saturated carbocycles. The molecule has 1 saturated heterocycles. The van der Waals surface area contributed by atoms with Crippen LogP contribution in [0, 0.1) is 12.7 Å². The second-order valence-corrected chi connectivity index (χ2v) is 6.41. The van der Waals surface area contributed by atoms with Gasteiger partial charge in [-0.2, -0.15) is 0 Å². The molecule has 4 rings (SSSR count). The van der Waals surface area contributed by atoms with Crippen molar-refractivity contribution < 1.29 is 9.13 Å². The molecule has 1 fully saturated rings. The summed E-state index contributed by atoms with van der Waals surface area (Å²) in [7, 11) is 1.45. The molecule has 140 valence electrons. The van der Waals surface area contributed by atoms with Gasteiger partial charge < -0.3 is 15.0 Å². The minimum Gasteiger partial charge on any atom is -0.494 e. The zero-order valence-electron chi connectivity index (χ0n) is 15.2. The first kappa shape index (κ1) is 17.4. The zero-order valence-corrected chi connectivity index (χ0v) is 15.2. The van der Waals surface area contributed by atoms with E-state index in [-0.39, 0.29) is 17.0 Å². The number of fused-ring (bicyclic) bond motifs is 1. The van der Waals surface area contributed by atoms with Crippen LogP contribution in [-0.2, 0) is 0 Å². The van der Waals surface area contributed by atoms with Crippen molar-refractivity contribution in [3.63, 3.8) is 0 Å². The highest BCUT2D eigenvalue weighted by Crippen LogP contribution is 2.28. The smallest absolute Gasteiger partial charge is 0.282 e. The van der Waals surface area contributed by atoms with Crippen LogP contribution in [0.15, 0.2) is 35.4 Å². The minimum atomic E-state index is -0.532. The van der Waals surface area contributed by atoms with Gasteiger partial charge in [-0.15, -0.1) is 0 Å². The summed E-state index contributed by atoms with van der Waals surface area (Å²) < 4.78 is 21.1. The van der Waals surface area contributed by atoms with Gasteiger partial charge in [0.25, 0.3) is 5.56 Å². The molecule has 7 nitrogen and oxygen atoms in total. The average Bonchev–Trinajstić information content (AvgIpc) is 2.69. The molecule has 0 atom stereocenters. The topological polar surface area (TPSA) is 72.3 Å². The van der Waals surface area contributed by atoms with Gasteiger partial charge in [-0.3, -0.25) is 9.36 Å². The molecular formula is C19H20FN5O2. The highest BCUT2D eigenvalue weighted by atomic mass is 19.1. The van der Waals surface area contributed by atoms with Crippen LogP contribution in [0.5, 0.6) is 5.75 Å². The number of piperazine rings is 1. The van der Waals surface area contributed by atoms with Crippen molar-refractivity contribution in [1.82, 2.24) is 19.9 Å². The van der Waals surface area contributed by atoms with Crippen molar-refractivity contribution in [1.29, 1.82) is 0 Å². The van der Waals surface area contributed by atoms with Crippen LogP contribution in [0.3, 0.4) is 0 Å². The second-order valence-electron chi connectivity index (χ2n) is 6.41. The van der Waals surface area contributed by atoms with Gasteiger partial charge in [0.15, 0.2) is 5.82 Å². The van der Waals surface area contributed by atoms with Crippen molar-refractivity contribution in [2.24, 2.45) is 0 Å². The molecule has 1 aliphatic heterocycles. The molecule has 0 radical (unpaired) electrons. The maximum Gasteiger partial charge on any atom is 0.282 e. The summed E-state index contributed by atoms with van der Waals surface area (Å²) >= 11 is 0. The van der Waals surface area contributed by atoms with Crippen molar-refractivity contribution in [2.45, 2.75) is 6.92 Å². The monoisotopic (exact) mass is 369 g/mol. The average molecular weight is 369 g/mol. The van der Waals surface area contributed by atoms with E-state index in [9.17, 15) is 9.18 Å². The number of anilines is 1. The number of ether oxygens (including phenoxy) is 1. The van der Waals surface area contributed by atoms with Gasteiger partial charge in [0.05, 0.1) is 12.5 Å². The van der Waals surface area contributed by atoms with Gasteiger partial charge in [-0.25, -0.2) is 14.4 Å². The predicted molar refractivity (Wildman–Crippen MR) is 101 cm³/mol. The quantitative estimate of drug-likeness (QED) is 0.757. The van der Waals surface area contributed by atoms with E-state index in [0.29, 0.717) is 11.1 Å². The molecule has 2 aromatic heterocycles. The minimum absolute atomic E-state index is 0.0896. The summed E-state index contributed by atoms with van der Waals surface area (Å²) in [5.74, 6) is 0.487. The van der Waals surface area contributed by atoms with Crippen molar-refractivity contribution in [3.8, 4) is 11.4 Å². The summed E-state index contributed by atoms with van der Waals surface area (Å²) in [5, 5.41) is 3.97. The predicted octanol–water partition coefficient (Wildman–Crippen LogP) is 1.65. The Bertz CT molecular complexity index is 1060. The normalized spacial score (nSPS) is 14.6. The number of para-hydroxylation sites is 1. The number of aromatic nitrogens is 3. The number of aryl methyl sites for hydroxylation is 1. The first-order chi connectivity index (χ1) is 13.1. The van der Waals surface area contributed by atoms with Crippen molar-refractivity contribution in [3.05, 3.63) is 52.5 Å². The lowest BCUT2D eigenvalue weighted by molar-refractivity contribution is 0.408. The zero-order chi connectivity index (χ0) is 19.0. The molecule has 1 aromatic carbocycles. The Morgan fingerprint density at radius 1 is 1.22 bits per heavy atom. The molecule has 0 amide bonds. The van der Waals surface area contributed by atoms with E-state index in [1.807, 2.05) is 6.07 Å². The lowest BCUT2D eigenvalue weighted by Gasteiger charge is -2.29. The van der Waals surface area contributed by atoms with Crippen molar-refractivity contribution >= 4 is 16.7 Å². The van der Waals surface area contributed by atoms with Crippen LogP contribution in [0.25, 0.3) is 16.6 Å². The summed E-state index contributed by atoms with van der Waals surface area (Å²) in [4.78, 5) is 24.0. The second kappa shape index (κ2) is 6.96. The molecule has 1 aliphatic rings. The Kier molecular flexibility index (Phi) is 4.49. The van der Waals surface area contributed by atoms with Gasteiger partial charge in [-0.05, 0) is 25.1 Å².